The van der Waals surface area contributed by atoms with E-state index in [0.29, 0.717) is 0 Å². The predicted octanol–water partition coefficient (Wildman–Crippen LogP) is 20.9. The number of aromatic nitrogens is 8. The van der Waals surface area contributed by atoms with Gasteiger partial charge in [-0.25, -0.2) is 19.9 Å². The van der Waals surface area contributed by atoms with Gasteiger partial charge in [-0.15, -0.1) is 0 Å². The van der Waals surface area contributed by atoms with E-state index in [4.69, 9.17) is 19.9 Å². The molecule has 0 radical (unpaired) electrons. The van der Waals surface area contributed by atoms with Gasteiger partial charge in [-0.2, -0.15) is 0 Å². The number of aromatic amines is 4. The van der Waals surface area contributed by atoms with Gasteiger partial charge in [0.15, 0.2) is 0 Å². The van der Waals surface area contributed by atoms with Crippen molar-refractivity contribution in [2.45, 2.75) is 207 Å². The molecule has 80 heavy (non-hydrogen) atoms. The second-order valence-electron chi connectivity index (χ2n) is 23.2. The van der Waals surface area contributed by atoms with Crippen molar-refractivity contribution in [1.82, 2.24) is 39.9 Å². The van der Waals surface area contributed by atoms with Crippen LogP contribution in [0.15, 0.2) is 60.7 Å². The van der Waals surface area contributed by atoms with Gasteiger partial charge in [0, 0.05) is 77.5 Å². The van der Waals surface area contributed by atoms with Crippen molar-refractivity contribution in [3.8, 4) is 11.1 Å². The zero-order valence-electron chi connectivity index (χ0n) is 49.0. The molecular formula is C72H90N8. The molecule has 10 rings (SSSR count). The molecule has 0 atom stereocenters. The summed E-state index contributed by atoms with van der Waals surface area (Å²) >= 11 is 0. The van der Waals surface area contributed by atoms with E-state index in [1.165, 1.54) is 151 Å². The Morgan fingerprint density at radius 3 is 0.900 bits per heavy atom. The minimum atomic E-state index is 0.926. The van der Waals surface area contributed by atoms with Crippen LogP contribution in [-0.2, 0) is 25.7 Å². The number of fused-ring (bicyclic) bond motifs is 16. The SMILES string of the molecule is CCCCCCCCc1c2nc(c(-c3c4nc(c(CCCCCCCC)c5ccc(cc6nc(c(CCCCCCCC)c7ccc3[nH]7)C=C6)[nH]5)C=C4)c3ccc([nH]3)c(CCCCCCCC)c3nc(cc4ccc1[nH]4)C=C3)C=C2. The number of rotatable bonds is 29. The zero-order chi connectivity index (χ0) is 54.9. The molecule has 6 aromatic heterocycles. The quantitative estimate of drug-likeness (QED) is 0.0350. The first-order valence-corrected chi connectivity index (χ1v) is 31.7. The van der Waals surface area contributed by atoms with Crippen LogP contribution in [0.1, 0.15) is 250 Å². The van der Waals surface area contributed by atoms with E-state index < -0.39 is 0 Å². The van der Waals surface area contributed by atoms with E-state index in [2.05, 4.69) is 157 Å². The summed E-state index contributed by atoms with van der Waals surface area (Å²) in [5.74, 6) is 0. The highest BCUT2D eigenvalue weighted by Crippen LogP contribution is 2.39. The molecule has 4 aliphatic heterocycles. The van der Waals surface area contributed by atoms with E-state index in [0.717, 1.165) is 152 Å². The number of unbranched alkanes of at least 4 members (excludes halogenated alkanes) is 20. The Morgan fingerprint density at radius 1 is 0.263 bits per heavy atom. The molecule has 16 bridgehead atoms. The lowest BCUT2D eigenvalue weighted by Gasteiger charge is -2.08. The largest absolute Gasteiger partial charge is 0.355 e. The number of H-pyrrole nitrogens is 4. The van der Waals surface area contributed by atoms with Gasteiger partial charge < -0.3 is 19.9 Å². The Balaban J connectivity index is 1.25. The molecule has 8 heteroatoms. The highest BCUT2D eigenvalue weighted by atomic mass is 14.8. The average molecular weight is 1070 g/mol. The van der Waals surface area contributed by atoms with Gasteiger partial charge in [0.25, 0.3) is 0 Å². The van der Waals surface area contributed by atoms with Gasteiger partial charge in [0.05, 0.1) is 45.6 Å². The van der Waals surface area contributed by atoms with Crippen molar-refractivity contribution >= 4 is 92.7 Å². The summed E-state index contributed by atoms with van der Waals surface area (Å²) in [5, 5.41) is 0. The van der Waals surface area contributed by atoms with Crippen molar-refractivity contribution in [2.75, 3.05) is 0 Å². The fraction of sp³-hybridized carbons (Fsp3) is 0.444. The van der Waals surface area contributed by atoms with Gasteiger partial charge in [-0.3, -0.25) is 0 Å². The topological polar surface area (TPSA) is 115 Å². The van der Waals surface area contributed by atoms with Crippen LogP contribution in [0, 0.1) is 0 Å². The molecule has 0 spiro atoms. The van der Waals surface area contributed by atoms with E-state index in [9.17, 15) is 0 Å². The maximum absolute atomic E-state index is 5.77. The maximum atomic E-state index is 5.77. The highest BCUT2D eigenvalue weighted by Gasteiger charge is 2.22. The molecule has 0 aliphatic carbocycles. The molecule has 0 fully saturated rings. The fourth-order valence-corrected chi connectivity index (χ4v) is 12.4. The molecule has 0 saturated carbocycles. The summed E-state index contributed by atoms with van der Waals surface area (Å²) in [7, 11) is 0. The molecular weight excluding hydrogens is 977 g/mol. The van der Waals surface area contributed by atoms with Crippen LogP contribution in [-0.4, -0.2) is 39.9 Å². The Morgan fingerprint density at radius 2 is 0.537 bits per heavy atom. The number of aryl methyl sites for hydroxylation is 4. The van der Waals surface area contributed by atoms with Crippen LogP contribution in [0.5, 0.6) is 0 Å². The minimum Gasteiger partial charge on any atom is -0.355 e. The van der Waals surface area contributed by atoms with E-state index >= 15 is 0 Å². The first kappa shape index (κ1) is 56.5. The summed E-state index contributed by atoms with van der Waals surface area (Å²) in [6.07, 6.45) is 51.3. The Kier molecular flexibility index (Phi) is 20.2. The molecule has 4 aliphatic rings. The summed E-state index contributed by atoms with van der Waals surface area (Å²) in [5.41, 5.74) is 23.5. The highest BCUT2D eigenvalue weighted by molar-refractivity contribution is 6.01. The third kappa shape index (κ3) is 14.2. The van der Waals surface area contributed by atoms with Crippen molar-refractivity contribution in [3.05, 3.63) is 128 Å². The Hall–Kier alpha value is -6.80. The van der Waals surface area contributed by atoms with Gasteiger partial charge in [0.2, 0.25) is 0 Å². The Labute approximate surface area is 477 Å². The molecule has 6 aromatic rings. The van der Waals surface area contributed by atoms with Crippen LogP contribution in [0.3, 0.4) is 0 Å². The summed E-state index contributed by atoms with van der Waals surface area (Å²) in [6, 6.07) is 22.5. The molecule has 0 saturated heterocycles. The van der Waals surface area contributed by atoms with E-state index in [-0.39, 0.29) is 0 Å². The van der Waals surface area contributed by atoms with Crippen molar-refractivity contribution in [2.24, 2.45) is 0 Å². The van der Waals surface area contributed by atoms with Crippen LogP contribution < -0.4 is 0 Å². The number of nitrogens with zero attached hydrogens (tertiary/aromatic N) is 4. The second-order valence-corrected chi connectivity index (χ2v) is 23.2. The minimum absolute atomic E-state index is 0.926. The predicted molar refractivity (Wildman–Crippen MR) is 345 cm³/mol. The van der Waals surface area contributed by atoms with Gasteiger partial charge in [-0.1, -0.05) is 156 Å². The lowest BCUT2D eigenvalue weighted by Crippen LogP contribution is -1.95. The van der Waals surface area contributed by atoms with Crippen LogP contribution in [0.4, 0.5) is 0 Å². The summed E-state index contributed by atoms with van der Waals surface area (Å²) in [4.78, 5) is 38.1. The van der Waals surface area contributed by atoms with Crippen LogP contribution in [0.2, 0.25) is 0 Å². The summed E-state index contributed by atoms with van der Waals surface area (Å²) in [6.45, 7) is 9.18. The third-order valence-electron chi connectivity index (χ3n) is 17.0. The van der Waals surface area contributed by atoms with Crippen LogP contribution >= 0.6 is 0 Å². The number of hydrogen-bond acceptors (Lipinski definition) is 4. The molecule has 418 valence electrons. The van der Waals surface area contributed by atoms with Crippen molar-refractivity contribution in [3.63, 3.8) is 0 Å². The van der Waals surface area contributed by atoms with Gasteiger partial charge in [-0.05, 0) is 161 Å². The monoisotopic (exact) mass is 1070 g/mol. The molecule has 0 amide bonds. The third-order valence-corrected chi connectivity index (χ3v) is 17.0. The van der Waals surface area contributed by atoms with E-state index in [1.54, 1.807) is 0 Å². The van der Waals surface area contributed by atoms with E-state index in [1.807, 2.05) is 0 Å². The molecule has 10 heterocycles. The Bertz CT molecular complexity index is 3270. The van der Waals surface area contributed by atoms with Crippen molar-refractivity contribution < 1.29 is 0 Å². The molecule has 4 N–H and O–H groups in total. The number of nitrogens with one attached hydrogen (secondary N) is 4. The molecule has 0 aromatic carbocycles. The lowest BCUT2D eigenvalue weighted by atomic mass is 10.0. The smallest absolute Gasteiger partial charge is 0.0738 e. The normalized spacial score (nSPS) is 12.7. The first-order valence-electron chi connectivity index (χ1n) is 31.7. The van der Waals surface area contributed by atoms with Gasteiger partial charge in [0.1, 0.15) is 0 Å². The maximum Gasteiger partial charge on any atom is 0.0738 e. The standard InChI is InChI=1S/C72H90N8/c1-5-9-13-17-21-25-29-55-59-37-33-51(73-59)49-52-34-38-60(74-52)56(30-26-22-18-14-10-6-2)64-42-46-68(78-64)71(67-45-41-63(55)77-67)72-69-47-43-65(79-69)57(31-27-23-19-15-11-7-3)61-39-35-53(75-61)50-54-36-40-62(76-54)58(66-44-48-70(72)80-66)32-28-24-20-16-12-8-4/h33-50,73,75,78,80H,5-32H2,1-4H3. The fourth-order valence-electron chi connectivity index (χ4n) is 12.4. The second kappa shape index (κ2) is 28.6. The average Bonchev–Trinajstić information content (AvgIpc) is 4.32. The summed E-state index contributed by atoms with van der Waals surface area (Å²) < 4.78 is 0. The lowest BCUT2D eigenvalue weighted by molar-refractivity contribution is 0.607. The van der Waals surface area contributed by atoms with Crippen LogP contribution in [0.25, 0.3) is 104 Å². The van der Waals surface area contributed by atoms with Crippen molar-refractivity contribution in [1.29, 1.82) is 0 Å². The van der Waals surface area contributed by atoms with Gasteiger partial charge >= 0.3 is 0 Å². The first-order chi connectivity index (χ1) is 39.5. The zero-order valence-corrected chi connectivity index (χ0v) is 49.0. The number of hydrogen-bond donors (Lipinski definition) is 4. The molecule has 8 nitrogen and oxygen atoms in total. The molecule has 0 unspecified atom stereocenters.